The monoisotopic (exact) mass is 340 g/mol. The lowest BCUT2D eigenvalue weighted by atomic mass is 10.5. The molecule has 0 amide bonds. The lowest BCUT2D eigenvalue weighted by Crippen LogP contribution is -2.32. The number of pyridine rings is 1. The minimum atomic E-state index is -3.46. The van der Waals surface area contributed by atoms with Crippen molar-refractivity contribution in [1.82, 2.24) is 9.29 Å². The molecule has 0 aliphatic heterocycles. The minimum absolute atomic E-state index is 0.197. The van der Waals surface area contributed by atoms with Gasteiger partial charge in [-0.25, -0.2) is 8.42 Å². The number of halogens is 2. The number of alkyl halides is 1. The van der Waals surface area contributed by atoms with Gasteiger partial charge < -0.3 is 0 Å². The van der Waals surface area contributed by atoms with Crippen molar-refractivity contribution < 1.29 is 8.42 Å². The van der Waals surface area contributed by atoms with Gasteiger partial charge in [0, 0.05) is 35.8 Å². The average Bonchev–Trinajstić information content (AvgIpc) is 2.30. The van der Waals surface area contributed by atoms with Crippen molar-refractivity contribution in [3.8, 4) is 0 Å². The second kappa shape index (κ2) is 6.68. The Bertz CT molecular complexity index is 467. The van der Waals surface area contributed by atoms with Crippen LogP contribution < -0.4 is 0 Å². The summed E-state index contributed by atoms with van der Waals surface area (Å²) < 4.78 is 26.5. The summed E-state index contributed by atoms with van der Waals surface area (Å²) in [6.07, 6.45) is 3.54. The van der Waals surface area contributed by atoms with Crippen LogP contribution in [-0.2, 0) is 10.0 Å². The van der Waals surface area contributed by atoms with Gasteiger partial charge in [-0.15, -0.1) is 11.6 Å². The van der Waals surface area contributed by atoms with Crippen LogP contribution in [0.15, 0.2) is 27.8 Å². The fourth-order valence-electron chi connectivity index (χ4n) is 1.37. The van der Waals surface area contributed by atoms with E-state index in [0.29, 0.717) is 29.9 Å². The predicted octanol–water partition coefficient (Wildman–Crippen LogP) is 2.48. The van der Waals surface area contributed by atoms with E-state index < -0.39 is 10.0 Å². The molecule has 1 heterocycles. The normalized spacial score (nSPS) is 12.0. The third kappa shape index (κ3) is 3.91. The molecule has 0 saturated carbocycles. The third-order valence-electron chi connectivity index (χ3n) is 2.21. The maximum Gasteiger partial charge on any atom is 0.244 e. The summed E-state index contributed by atoms with van der Waals surface area (Å²) in [7, 11) is -3.46. The van der Waals surface area contributed by atoms with Crippen molar-refractivity contribution in [2.45, 2.75) is 18.2 Å². The topological polar surface area (TPSA) is 50.3 Å². The predicted molar refractivity (Wildman–Crippen MR) is 71.7 cm³/mol. The average molecular weight is 342 g/mol. The largest absolute Gasteiger partial charge is 0.262 e. The van der Waals surface area contributed by atoms with Gasteiger partial charge in [0.05, 0.1) is 0 Å². The molecule has 0 N–H and O–H groups in total. The molecule has 0 atom stereocenters. The Balaban J connectivity index is 3.00. The first kappa shape index (κ1) is 14.9. The van der Waals surface area contributed by atoms with Crippen LogP contribution in [0.5, 0.6) is 0 Å². The van der Waals surface area contributed by atoms with Gasteiger partial charge in [-0.2, -0.15) is 4.31 Å². The number of rotatable bonds is 6. The SMILES string of the molecule is CCN(CCCCl)S(=O)(=O)c1cncc(Br)c1. The molecule has 0 unspecified atom stereocenters. The van der Waals surface area contributed by atoms with Gasteiger partial charge in [0.1, 0.15) is 4.90 Å². The lowest BCUT2D eigenvalue weighted by Gasteiger charge is -2.19. The standard InChI is InChI=1S/C10H14BrClN2O2S/c1-2-14(5-3-4-12)17(15,16)10-6-9(11)7-13-8-10/h6-8H,2-5H2,1H3. The van der Waals surface area contributed by atoms with Crippen LogP contribution in [0.1, 0.15) is 13.3 Å². The fraction of sp³-hybridized carbons (Fsp3) is 0.500. The second-order valence-electron chi connectivity index (χ2n) is 3.38. The van der Waals surface area contributed by atoms with Gasteiger partial charge in [0.15, 0.2) is 0 Å². The molecule has 96 valence electrons. The molecule has 0 aromatic carbocycles. The van der Waals surface area contributed by atoms with E-state index in [1.807, 2.05) is 0 Å². The molecule has 1 aromatic rings. The number of sulfonamides is 1. The second-order valence-corrected chi connectivity index (χ2v) is 6.61. The molecular weight excluding hydrogens is 328 g/mol. The molecule has 0 saturated heterocycles. The molecule has 1 aromatic heterocycles. The smallest absolute Gasteiger partial charge is 0.244 e. The van der Waals surface area contributed by atoms with Crippen molar-refractivity contribution in [1.29, 1.82) is 0 Å². The van der Waals surface area contributed by atoms with Gasteiger partial charge in [0.25, 0.3) is 0 Å². The molecule has 7 heteroatoms. The zero-order chi connectivity index (χ0) is 12.9. The van der Waals surface area contributed by atoms with Crippen molar-refractivity contribution in [3.05, 3.63) is 22.9 Å². The van der Waals surface area contributed by atoms with E-state index >= 15 is 0 Å². The highest BCUT2D eigenvalue weighted by Crippen LogP contribution is 2.18. The zero-order valence-corrected chi connectivity index (χ0v) is 12.6. The first-order chi connectivity index (χ1) is 8.02. The molecule has 0 bridgehead atoms. The van der Waals surface area contributed by atoms with E-state index in [9.17, 15) is 8.42 Å². The van der Waals surface area contributed by atoms with Crippen LogP contribution >= 0.6 is 27.5 Å². The number of nitrogens with zero attached hydrogens (tertiary/aromatic N) is 2. The molecule has 0 fully saturated rings. The molecule has 4 nitrogen and oxygen atoms in total. The highest BCUT2D eigenvalue weighted by molar-refractivity contribution is 9.10. The summed E-state index contributed by atoms with van der Waals surface area (Å²) in [5.74, 6) is 0.447. The molecule has 0 aliphatic carbocycles. The van der Waals surface area contributed by atoms with E-state index in [2.05, 4.69) is 20.9 Å². The Morgan fingerprint density at radius 3 is 2.71 bits per heavy atom. The summed E-state index contributed by atoms with van der Waals surface area (Å²) in [4.78, 5) is 4.07. The van der Waals surface area contributed by atoms with Crippen LogP contribution in [0, 0.1) is 0 Å². The Hall–Kier alpha value is -0.170. The summed E-state index contributed by atoms with van der Waals surface area (Å²) in [5, 5.41) is 0. The molecule has 0 aliphatic rings. The third-order valence-corrected chi connectivity index (χ3v) is 4.85. The molecule has 0 radical (unpaired) electrons. The number of hydrogen-bond acceptors (Lipinski definition) is 3. The van der Waals surface area contributed by atoms with E-state index in [1.54, 1.807) is 19.2 Å². The first-order valence-corrected chi connectivity index (χ1v) is 7.95. The minimum Gasteiger partial charge on any atom is -0.262 e. The summed E-state index contributed by atoms with van der Waals surface area (Å²) >= 11 is 8.79. The van der Waals surface area contributed by atoms with Crippen molar-refractivity contribution in [3.63, 3.8) is 0 Å². The maximum absolute atomic E-state index is 12.2. The first-order valence-electron chi connectivity index (χ1n) is 5.19. The molecule has 17 heavy (non-hydrogen) atoms. The Morgan fingerprint density at radius 1 is 1.47 bits per heavy atom. The summed E-state index contributed by atoms with van der Waals surface area (Å²) in [5.41, 5.74) is 0. The summed E-state index contributed by atoms with van der Waals surface area (Å²) in [6.45, 7) is 2.65. The van der Waals surface area contributed by atoms with E-state index in [4.69, 9.17) is 11.6 Å². The van der Waals surface area contributed by atoms with Crippen LogP contribution in [0.4, 0.5) is 0 Å². The van der Waals surface area contributed by atoms with E-state index in [0.717, 1.165) is 0 Å². The highest BCUT2D eigenvalue weighted by atomic mass is 79.9. The Kier molecular flexibility index (Phi) is 5.85. The maximum atomic E-state index is 12.2. The number of hydrogen-bond donors (Lipinski definition) is 0. The van der Waals surface area contributed by atoms with Gasteiger partial charge >= 0.3 is 0 Å². The zero-order valence-electron chi connectivity index (χ0n) is 9.44. The molecule has 0 spiro atoms. The van der Waals surface area contributed by atoms with Crippen molar-refractivity contribution in [2.24, 2.45) is 0 Å². The highest BCUT2D eigenvalue weighted by Gasteiger charge is 2.22. The quantitative estimate of drug-likeness (QED) is 0.747. The van der Waals surface area contributed by atoms with Gasteiger partial charge in [-0.3, -0.25) is 4.98 Å². The van der Waals surface area contributed by atoms with Gasteiger partial charge in [-0.05, 0) is 28.4 Å². The summed E-state index contributed by atoms with van der Waals surface area (Å²) in [6, 6.07) is 1.55. The van der Waals surface area contributed by atoms with E-state index in [1.165, 1.54) is 10.5 Å². The van der Waals surface area contributed by atoms with Crippen LogP contribution in [-0.4, -0.2) is 36.7 Å². The van der Waals surface area contributed by atoms with Gasteiger partial charge in [-0.1, -0.05) is 6.92 Å². The van der Waals surface area contributed by atoms with Crippen molar-refractivity contribution in [2.75, 3.05) is 19.0 Å². The van der Waals surface area contributed by atoms with E-state index in [-0.39, 0.29) is 4.90 Å². The van der Waals surface area contributed by atoms with Crippen molar-refractivity contribution >= 4 is 37.6 Å². The fourth-order valence-corrected chi connectivity index (χ4v) is 3.48. The molecule has 1 rings (SSSR count). The van der Waals surface area contributed by atoms with Crippen LogP contribution in [0.25, 0.3) is 0 Å². The molecular formula is C10H14BrClN2O2S. The lowest BCUT2D eigenvalue weighted by molar-refractivity contribution is 0.427. The number of aromatic nitrogens is 1. The van der Waals surface area contributed by atoms with Gasteiger partial charge in [0.2, 0.25) is 10.0 Å². The Morgan fingerprint density at radius 2 is 2.18 bits per heavy atom. The Labute approximate surface area is 115 Å². The van der Waals surface area contributed by atoms with Crippen LogP contribution in [0.2, 0.25) is 0 Å². The van der Waals surface area contributed by atoms with Crippen LogP contribution in [0.3, 0.4) is 0 Å².